The van der Waals surface area contributed by atoms with Crippen LogP contribution in [0.3, 0.4) is 0 Å². The number of hydrogen-bond acceptors (Lipinski definition) is 2. The number of carbonyl (C=O) groups is 1. The van der Waals surface area contributed by atoms with Crippen LogP contribution in [0.2, 0.25) is 0 Å². The average Bonchev–Trinajstić information content (AvgIpc) is 3.32. The molecule has 32 heavy (non-hydrogen) atoms. The summed E-state index contributed by atoms with van der Waals surface area (Å²) in [5.41, 5.74) is 2.39. The van der Waals surface area contributed by atoms with E-state index in [4.69, 9.17) is 0 Å². The van der Waals surface area contributed by atoms with Gasteiger partial charge in [0.1, 0.15) is 23.6 Å². The van der Waals surface area contributed by atoms with Crippen LogP contribution >= 0.6 is 0 Å². The molecule has 4 nitrogen and oxygen atoms in total. The van der Waals surface area contributed by atoms with Crippen molar-refractivity contribution in [1.29, 1.82) is 0 Å². The molecule has 1 saturated heterocycles. The van der Waals surface area contributed by atoms with Crippen molar-refractivity contribution in [3.8, 4) is 11.3 Å². The standard InChI is InChI=1S/C24H23F4N3O/c25-15-3-1-13(2-4-15)22-21(18-7-16(26)8-19(28)23(18)31-22)14-5-12(6-14)10-30-24(32)20-9-17(27)11-29-20/h1-4,7-8,12,14,17,20,29,31H,5-6,9-11H2,(H,30,32)/t12-,14-,17-,20+/m1/s1. The Balaban J connectivity index is 1.35. The molecule has 2 aliphatic rings. The van der Waals surface area contributed by atoms with E-state index in [9.17, 15) is 22.4 Å². The number of H-pyrrole nitrogens is 1. The first-order chi connectivity index (χ1) is 15.4. The highest BCUT2D eigenvalue weighted by atomic mass is 19.1. The lowest BCUT2D eigenvalue weighted by Gasteiger charge is -2.36. The van der Waals surface area contributed by atoms with E-state index in [1.807, 2.05) is 0 Å². The van der Waals surface area contributed by atoms with E-state index in [0.717, 1.165) is 24.5 Å². The van der Waals surface area contributed by atoms with Gasteiger partial charge in [0, 0.05) is 31.0 Å². The van der Waals surface area contributed by atoms with Crippen molar-refractivity contribution in [2.75, 3.05) is 13.1 Å². The fraction of sp³-hybridized carbons (Fsp3) is 0.375. The molecular formula is C24H23F4N3O. The van der Waals surface area contributed by atoms with Gasteiger partial charge in [-0.2, -0.15) is 0 Å². The van der Waals surface area contributed by atoms with Gasteiger partial charge in [0.05, 0.1) is 17.3 Å². The minimum Gasteiger partial charge on any atom is -0.354 e. The van der Waals surface area contributed by atoms with E-state index in [0.29, 0.717) is 23.2 Å². The van der Waals surface area contributed by atoms with Crippen molar-refractivity contribution in [2.24, 2.45) is 5.92 Å². The van der Waals surface area contributed by atoms with Crippen LogP contribution in [-0.4, -0.2) is 36.2 Å². The third kappa shape index (κ3) is 3.88. The Morgan fingerprint density at radius 2 is 1.78 bits per heavy atom. The Morgan fingerprint density at radius 3 is 2.47 bits per heavy atom. The Kier molecular flexibility index (Phi) is 5.41. The molecule has 8 heteroatoms. The molecule has 0 unspecified atom stereocenters. The van der Waals surface area contributed by atoms with Gasteiger partial charge in [0.2, 0.25) is 5.91 Å². The molecule has 1 amide bonds. The zero-order chi connectivity index (χ0) is 22.4. The Labute approximate surface area is 182 Å². The van der Waals surface area contributed by atoms with Crippen LogP contribution in [-0.2, 0) is 4.79 Å². The summed E-state index contributed by atoms with van der Waals surface area (Å²) in [5, 5.41) is 6.24. The number of rotatable bonds is 5. The highest BCUT2D eigenvalue weighted by Gasteiger charge is 2.36. The van der Waals surface area contributed by atoms with Gasteiger partial charge in [0.15, 0.2) is 0 Å². The fourth-order valence-corrected chi connectivity index (χ4v) is 4.91. The minimum absolute atomic E-state index is 0.0479. The number of alkyl halides is 1. The first-order valence-electron chi connectivity index (χ1n) is 10.8. The quantitative estimate of drug-likeness (QED) is 0.505. The number of aromatic nitrogens is 1. The van der Waals surface area contributed by atoms with Gasteiger partial charge in [-0.25, -0.2) is 17.6 Å². The van der Waals surface area contributed by atoms with Crippen LogP contribution in [0.15, 0.2) is 36.4 Å². The number of benzene rings is 2. The summed E-state index contributed by atoms with van der Waals surface area (Å²) in [6, 6.07) is 7.56. The molecule has 0 spiro atoms. The molecule has 3 aromatic rings. The number of carbonyl (C=O) groups excluding carboxylic acids is 1. The molecule has 1 aliphatic heterocycles. The van der Waals surface area contributed by atoms with Gasteiger partial charge in [0.25, 0.3) is 0 Å². The van der Waals surface area contributed by atoms with Gasteiger partial charge < -0.3 is 15.6 Å². The molecule has 1 aromatic heterocycles. The predicted molar refractivity (Wildman–Crippen MR) is 113 cm³/mol. The van der Waals surface area contributed by atoms with E-state index in [1.54, 1.807) is 12.1 Å². The zero-order valence-electron chi connectivity index (χ0n) is 17.2. The summed E-state index contributed by atoms with van der Waals surface area (Å²) >= 11 is 0. The molecule has 0 bridgehead atoms. The maximum absolute atomic E-state index is 14.5. The predicted octanol–water partition coefficient (Wildman–Crippen LogP) is 4.56. The molecule has 5 rings (SSSR count). The largest absolute Gasteiger partial charge is 0.354 e. The summed E-state index contributed by atoms with van der Waals surface area (Å²) in [5.74, 6) is -1.63. The maximum atomic E-state index is 14.5. The van der Waals surface area contributed by atoms with Gasteiger partial charge in [-0.1, -0.05) is 0 Å². The fourth-order valence-electron chi connectivity index (χ4n) is 4.91. The van der Waals surface area contributed by atoms with Crippen molar-refractivity contribution >= 4 is 16.8 Å². The number of fused-ring (bicyclic) bond motifs is 1. The third-order valence-electron chi connectivity index (χ3n) is 6.60. The molecule has 2 atom stereocenters. The number of amides is 1. The van der Waals surface area contributed by atoms with Crippen molar-refractivity contribution in [1.82, 2.24) is 15.6 Å². The van der Waals surface area contributed by atoms with Crippen LogP contribution in [0.4, 0.5) is 17.6 Å². The van der Waals surface area contributed by atoms with Crippen LogP contribution in [0.1, 0.15) is 30.7 Å². The van der Waals surface area contributed by atoms with Crippen LogP contribution in [0.25, 0.3) is 22.2 Å². The van der Waals surface area contributed by atoms with Crippen LogP contribution in [0, 0.1) is 23.4 Å². The smallest absolute Gasteiger partial charge is 0.237 e. The van der Waals surface area contributed by atoms with Gasteiger partial charge in [-0.15, -0.1) is 0 Å². The second-order valence-corrected chi connectivity index (χ2v) is 8.80. The lowest BCUT2D eigenvalue weighted by molar-refractivity contribution is -0.123. The van der Waals surface area contributed by atoms with Crippen molar-refractivity contribution in [3.05, 3.63) is 59.4 Å². The molecule has 168 valence electrons. The number of halogens is 4. The molecule has 2 fully saturated rings. The van der Waals surface area contributed by atoms with E-state index in [2.05, 4.69) is 15.6 Å². The van der Waals surface area contributed by atoms with Crippen LogP contribution in [0.5, 0.6) is 0 Å². The number of hydrogen-bond donors (Lipinski definition) is 3. The van der Waals surface area contributed by atoms with Gasteiger partial charge >= 0.3 is 0 Å². The Bertz CT molecular complexity index is 1150. The molecule has 3 N–H and O–H groups in total. The summed E-state index contributed by atoms with van der Waals surface area (Å²) in [6.45, 7) is 0.671. The Morgan fingerprint density at radius 1 is 1.03 bits per heavy atom. The second kappa shape index (κ2) is 8.24. The first-order valence-corrected chi connectivity index (χ1v) is 10.8. The molecular weight excluding hydrogens is 422 g/mol. The third-order valence-corrected chi connectivity index (χ3v) is 6.60. The Hall–Kier alpha value is -2.87. The average molecular weight is 445 g/mol. The number of aromatic amines is 1. The van der Waals surface area contributed by atoms with E-state index in [-0.39, 0.29) is 42.0 Å². The monoisotopic (exact) mass is 445 g/mol. The molecule has 1 saturated carbocycles. The van der Waals surface area contributed by atoms with Crippen LogP contribution < -0.4 is 10.6 Å². The lowest BCUT2D eigenvalue weighted by Crippen LogP contribution is -2.43. The molecule has 1 aliphatic carbocycles. The molecule has 2 aromatic carbocycles. The summed E-state index contributed by atoms with van der Waals surface area (Å²) in [7, 11) is 0. The normalized spacial score (nSPS) is 25.1. The van der Waals surface area contributed by atoms with Crippen molar-refractivity contribution in [3.63, 3.8) is 0 Å². The topological polar surface area (TPSA) is 56.9 Å². The lowest BCUT2D eigenvalue weighted by atomic mass is 9.70. The summed E-state index contributed by atoms with van der Waals surface area (Å²) in [6.07, 6.45) is 0.672. The maximum Gasteiger partial charge on any atom is 0.237 e. The van der Waals surface area contributed by atoms with Gasteiger partial charge in [-0.3, -0.25) is 4.79 Å². The molecule has 0 radical (unpaired) electrons. The first kappa shape index (κ1) is 21.0. The van der Waals surface area contributed by atoms with Crippen molar-refractivity contribution < 1.29 is 22.4 Å². The van der Waals surface area contributed by atoms with Crippen molar-refractivity contribution in [2.45, 2.75) is 37.4 Å². The highest BCUT2D eigenvalue weighted by molar-refractivity contribution is 5.92. The highest BCUT2D eigenvalue weighted by Crippen LogP contribution is 2.48. The zero-order valence-corrected chi connectivity index (χ0v) is 17.2. The molecule has 2 heterocycles. The minimum atomic E-state index is -0.994. The van der Waals surface area contributed by atoms with E-state index in [1.165, 1.54) is 18.2 Å². The summed E-state index contributed by atoms with van der Waals surface area (Å²) in [4.78, 5) is 15.3. The van der Waals surface area contributed by atoms with E-state index < -0.39 is 23.8 Å². The number of nitrogens with one attached hydrogen (secondary N) is 3. The SMILES string of the molecule is O=C(NC[C@H]1C[C@H](c2c(-c3ccc(F)cc3)[nH]c3c(F)cc(F)cc32)C1)[C@@H]1C[C@@H](F)CN1. The van der Waals surface area contributed by atoms with Gasteiger partial charge in [-0.05, 0) is 66.1 Å². The second-order valence-electron chi connectivity index (χ2n) is 8.80. The summed E-state index contributed by atoms with van der Waals surface area (Å²) < 4.78 is 55.2. The van der Waals surface area contributed by atoms with E-state index >= 15 is 0 Å².